The molecule has 0 bridgehead atoms. The Bertz CT molecular complexity index is 1970. The number of para-hydroxylation sites is 1. The lowest BCUT2D eigenvalue weighted by Gasteiger charge is -2.40. The Kier molecular flexibility index (Phi) is 5.96. The van der Waals surface area contributed by atoms with E-state index >= 15 is 0 Å². The third-order valence-corrected chi connectivity index (χ3v) is 9.33. The monoisotopic (exact) mass is 555 g/mol. The first-order valence-electron chi connectivity index (χ1n) is 13.1. The number of aromatic nitrogens is 2. The third-order valence-electron chi connectivity index (χ3n) is 7.80. The molecule has 3 aromatic carbocycles. The molecule has 9 heteroatoms. The molecule has 1 aliphatic carbocycles. The smallest absolute Gasteiger partial charge is 0.274 e. The summed E-state index contributed by atoms with van der Waals surface area (Å²) < 4.78 is 32.4. The average Bonchev–Trinajstić information content (AvgIpc) is 2.90. The van der Waals surface area contributed by atoms with Crippen LogP contribution in [0.4, 0.5) is 5.69 Å². The molecule has 0 radical (unpaired) electrons. The number of fused-ring (bicyclic) bond motifs is 2. The summed E-state index contributed by atoms with van der Waals surface area (Å²) in [6, 6.07) is 19.2. The zero-order valence-corrected chi connectivity index (χ0v) is 23.3. The first-order chi connectivity index (χ1) is 19.0. The summed E-state index contributed by atoms with van der Waals surface area (Å²) in [5.41, 5.74) is 1.62. The minimum Gasteiger partial charge on any atom is -0.294 e. The molecule has 0 saturated carbocycles. The van der Waals surface area contributed by atoms with Crippen LogP contribution in [0.3, 0.4) is 0 Å². The van der Waals surface area contributed by atoms with Crippen molar-refractivity contribution in [3.8, 4) is 0 Å². The maximum absolute atomic E-state index is 13.9. The van der Waals surface area contributed by atoms with E-state index in [1.165, 1.54) is 15.4 Å². The Labute approximate surface area is 231 Å². The number of benzene rings is 3. The Morgan fingerprint density at radius 2 is 1.50 bits per heavy atom. The number of allylic oxidation sites excluding steroid dienone is 2. The second-order valence-electron chi connectivity index (χ2n) is 11.4. The molecule has 8 nitrogen and oxygen atoms in total. The first kappa shape index (κ1) is 26.0. The SMILES string of the molecule is Cc1ccc(C2C3=C(Cn4c(=O)c5ccccc5c(=O)n42)CC(C)(C)CC3=O)cc1S(=O)(=O)Nc1ccccc1. The maximum Gasteiger partial charge on any atom is 0.274 e. The number of nitrogens with one attached hydrogen (secondary N) is 1. The van der Waals surface area contributed by atoms with Crippen molar-refractivity contribution >= 4 is 32.3 Å². The first-order valence-corrected chi connectivity index (χ1v) is 14.6. The fourth-order valence-electron chi connectivity index (χ4n) is 6.08. The van der Waals surface area contributed by atoms with E-state index < -0.39 is 21.6 Å². The summed E-state index contributed by atoms with van der Waals surface area (Å²) >= 11 is 0. The highest BCUT2D eigenvalue weighted by atomic mass is 32.2. The van der Waals surface area contributed by atoms with Crippen LogP contribution in [0.5, 0.6) is 0 Å². The number of carbonyl (C=O) groups excluding carboxylic acids is 1. The largest absolute Gasteiger partial charge is 0.294 e. The van der Waals surface area contributed by atoms with Gasteiger partial charge in [0.05, 0.1) is 22.2 Å². The molecule has 0 amide bonds. The van der Waals surface area contributed by atoms with E-state index in [9.17, 15) is 22.8 Å². The van der Waals surface area contributed by atoms with E-state index in [2.05, 4.69) is 4.72 Å². The summed E-state index contributed by atoms with van der Waals surface area (Å²) in [6.45, 7) is 5.86. The van der Waals surface area contributed by atoms with Crippen LogP contribution >= 0.6 is 0 Å². The lowest BCUT2D eigenvalue weighted by molar-refractivity contribution is -0.118. The van der Waals surface area contributed by atoms with Crippen molar-refractivity contribution in [1.29, 1.82) is 0 Å². The van der Waals surface area contributed by atoms with Crippen LogP contribution in [0.25, 0.3) is 10.8 Å². The van der Waals surface area contributed by atoms with Crippen molar-refractivity contribution in [1.82, 2.24) is 9.36 Å². The number of nitrogens with zero attached hydrogens (tertiary/aromatic N) is 2. The standard InChI is InChI=1S/C31H29N3O5S/c1-19-13-14-20(15-26(19)40(38,39)32-22-9-5-4-6-10-22)28-27-21(16-31(2,3)17-25(27)35)18-33-29(36)23-11-7-8-12-24(23)30(37)34(28)33/h4-15,28,32H,16-18H2,1-3H3. The molecule has 1 N–H and O–H groups in total. The van der Waals surface area contributed by atoms with Crippen LogP contribution in [-0.4, -0.2) is 23.6 Å². The molecule has 0 saturated heterocycles. The molecule has 4 aromatic rings. The molecule has 1 unspecified atom stereocenters. The van der Waals surface area contributed by atoms with Crippen molar-refractivity contribution in [3.63, 3.8) is 0 Å². The number of anilines is 1. The van der Waals surface area contributed by atoms with Crippen molar-refractivity contribution < 1.29 is 13.2 Å². The van der Waals surface area contributed by atoms with E-state index in [0.29, 0.717) is 40.6 Å². The Balaban J connectivity index is 1.61. The molecule has 0 fully saturated rings. The van der Waals surface area contributed by atoms with E-state index in [1.54, 1.807) is 73.7 Å². The average molecular weight is 556 g/mol. The van der Waals surface area contributed by atoms with Crippen LogP contribution in [0.2, 0.25) is 0 Å². The third kappa shape index (κ3) is 4.21. The summed E-state index contributed by atoms with van der Waals surface area (Å²) in [4.78, 5) is 41.4. The topological polar surface area (TPSA) is 107 Å². The van der Waals surface area contributed by atoms with Gasteiger partial charge in [0.15, 0.2) is 5.78 Å². The molecule has 40 heavy (non-hydrogen) atoms. The Morgan fingerprint density at radius 3 is 2.20 bits per heavy atom. The molecule has 2 aliphatic rings. The van der Waals surface area contributed by atoms with Gasteiger partial charge in [-0.1, -0.05) is 56.3 Å². The van der Waals surface area contributed by atoms with Crippen LogP contribution in [0, 0.1) is 12.3 Å². The second kappa shape index (κ2) is 9.16. The number of Topliss-reactive ketones (excluding diaryl/α,β-unsaturated/α-hetero) is 1. The molecule has 1 aromatic heterocycles. The number of aryl methyl sites for hydroxylation is 1. The molecular formula is C31H29N3O5S. The van der Waals surface area contributed by atoms with Crippen LogP contribution in [0.1, 0.15) is 43.9 Å². The van der Waals surface area contributed by atoms with Gasteiger partial charge >= 0.3 is 0 Å². The van der Waals surface area contributed by atoms with Crippen molar-refractivity contribution in [3.05, 3.63) is 116 Å². The van der Waals surface area contributed by atoms with E-state index in [-0.39, 0.29) is 33.6 Å². The van der Waals surface area contributed by atoms with Gasteiger partial charge in [-0.25, -0.2) is 17.8 Å². The van der Waals surface area contributed by atoms with Gasteiger partial charge in [-0.3, -0.25) is 19.1 Å². The predicted octanol–water partition coefficient (Wildman–Crippen LogP) is 4.56. The molecule has 2 heterocycles. The zero-order valence-electron chi connectivity index (χ0n) is 22.5. The van der Waals surface area contributed by atoms with Crippen molar-refractivity contribution in [2.45, 2.75) is 51.1 Å². The molecule has 6 rings (SSSR count). The van der Waals surface area contributed by atoms with Gasteiger partial charge in [0.1, 0.15) is 6.04 Å². The van der Waals surface area contributed by atoms with Crippen LogP contribution < -0.4 is 15.8 Å². The summed E-state index contributed by atoms with van der Waals surface area (Å²) in [6.07, 6.45) is 0.881. The predicted molar refractivity (Wildman–Crippen MR) is 154 cm³/mol. The highest BCUT2D eigenvalue weighted by molar-refractivity contribution is 7.92. The summed E-state index contributed by atoms with van der Waals surface area (Å²) in [5.74, 6) is -0.0950. The van der Waals surface area contributed by atoms with Gasteiger partial charge in [-0.2, -0.15) is 0 Å². The normalized spacial score (nSPS) is 18.4. The number of hydrogen-bond acceptors (Lipinski definition) is 5. The molecule has 1 atom stereocenters. The molecule has 0 spiro atoms. The van der Waals surface area contributed by atoms with Gasteiger partial charge in [0.25, 0.3) is 21.1 Å². The number of rotatable bonds is 4. The number of hydrogen-bond donors (Lipinski definition) is 1. The zero-order chi connectivity index (χ0) is 28.4. The summed E-state index contributed by atoms with van der Waals surface area (Å²) in [5, 5.41) is 0.569. The minimum atomic E-state index is -4.00. The second-order valence-corrected chi connectivity index (χ2v) is 13.1. The van der Waals surface area contributed by atoms with Gasteiger partial charge < -0.3 is 0 Å². The fraction of sp³-hybridized carbons (Fsp3) is 0.258. The lowest BCUT2D eigenvalue weighted by Crippen LogP contribution is -2.48. The molecular weight excluding hydrogens is 526 g/mol. The number of carbonyl (C=O) groups is 1. The minimum absolute atomic E-state index is 0.0351. The van der Waals surface area contributed by atoms with Crippen LogP contribution in [0.15, 0.2) is 98.4 Å². The van der Waals surface area contributed by atoms with Gasteiger partial charge in [-0.05, 0) is 65.8 Å². The Hall–Kier alpha value is -4.24. The van der Waals surface area contributed by atoms with E-state index in [4.69, 9.17) is 0 Å². The van der Waals surface area contributed by atoms with Gasteiger partial charge in [-0.15, -0.1) is 0 Å². The van der Waals surface area contributed by atoms with E-state index in [1.807, 2.05) is 13.8 Å². The van der Waals surface area contributed by atoms with E-state index in [0.717, 1.165) is 5.57 Å². The van der Waals surface area contributed by atoms with Crippen molar-refractivity contribution in [2.75, 3.05) is 4.72 Å². The molecule has 1 aliphatic heterocycles. The van der Waals surface area contributed by atoms with Gasteiger partial charge in [0.2, 0.25) is 0 Å². The van der Waals surface area contributed by atoms with Crippen molar-refractivity contribution in [2.24, 2.45) is 5.41 Å². The highest BCUT2D eigenvalue weighted by Crippen LogP contribution is 2.44. The fourth-order valence-corrected chi connectivity index (χ4v) is 7.42. The number of ketones is 1. The highest BCUT2D eigenvalue weighted by Gasteiger charge is 2.42. The molecule has 204 valence electrons. The summed E-state index contributed by atoms with van der Waals surface area (Å²) in [7, 11) is -4.00. The van der Waals surface area contributed by atoms with Gasteiger partial charge in [0, 0.05) is 17.7 Å². The quantitative estimate of drug-likeness (QED) is 0.397. The number of sulfonamides is 1. The maximum atomic E-state index is 13.9. The van der Waals surface area contributed by atoms with Crippen LogP contribution in [-0.2, 0) is 21.4 Å². The Morgan fingerprint density at radius 1 is 0.850 bits per heavy atom. The lowest BCUT2D eigenvalue weighted by atomic mass is 9.71.